The first-order valence-corrected chi connectivity index (χ1v) is 7.60. The van der Waals surface area contributed by atoms with Crippen LogP contribution >= 0.6 is 0 Å². The van der Waals surface area contributed by atoms with Crippen LogP contribution in [0.3, 0.4) is 0 Å². The minimum Gasteiger partial charge on any atom is -0.295 e. The van der Waals surface area contributed by atoms with E-state index in [1.165, 1.54) is 16.7 Å². The molecule has 0 radical (unpaired) electrons. The van der Waals surface area contributed by atoms with E-state index in [2.05, 4.69) is 49.4 Å². The van der Waals surface area contributed by atoms with Crippen molar-refractivity contribution in [3.8, 4) is 0 Å². The number of ketones is 1. The molecular formula is C20H20O. The predicted molar refractivity (Wildman–Crippen MR) is 86.4 cm³/mol. The lowest BCUT2D eigenvalue weighted by Gasteiger charge is -2.23. The quantitative estimate of drug-likeness (QED) is 0.786. The van der Waals surface area contributed by atoms with Crippen LogP contribution in [-0.4, -0.2) is 5.78 Å². The molecule has 0 heterocycles. The van der Waals surface area contributed by atoms with Gasteiger partial charge in [0.15, 0.2) is 5.78 Å². The first-order valence-electron chi connectivity index (χ1n) is 7.60. The van der Waals surface area contributed by atoms with E-state index in [4.69, 9.17) is 0 Å². The molecule has 1 aliphatic rings. The van der Waals surface area contributed by atoms with Gasteiger partial charge in [0.25, 0.3) is 0 Å². The number of hydrogen-bond donors (Lipinski definition) is 0. The fraction of sp³-hybridized carbons (Fsp3) is 0.250. The number of Topliss-reactive ketones (excluding diaryl/α,β-unsaturated/α-hetero) is 1. The lowest BCUT2D eigenvalue weighted by Crippen LogP contribution is -2.16. The van der Waals surface area contributed by atoms with Crippen LogP contribution in [0.15, 0.2) is 66.2 Å². The first kappa shape index (κ1) is 13.8. The van der Waals surface area contributed by atoms with E-state index in [9.17, 15) is 4.79 Å². The lowest BCUT2D eigenvalue weighted by molar-refractivity contribution is -0.116. The first-order chi connectivity index (χ1) is 10.3. The van der Waals surface area contributed by atoms with Crippen LogP contribution in [-0.2, 0) is 4.79 Å². The van der Waals surface area contributed by atoms with Gasteiger partial charge in [-0.05, 0) is 30.9 Å². The molecule has 21 heavy (non-hydrogen) atoms. The maximum Gasteiger partial charge on any atom is 0.159 e. The van der Waals surface area contributed by atoms with E-state index in [-0.39, 0.29) is 5.92 Å². The maximum atomic E-state index is 12.4. The highest BCUT2D eigenvalue weighted by Crippen LogP contribution is 2.35. The molecule has 0 spiro atoms. The van der Waals surface area contributed by atoms with E-state index in [0.717, 1.165) is 18.4 Å². The third-order valence-corrected chi connectivity index (χ3v) is 4.15. The molecule has 1 nitrogen and oxygen atoms in total. The minimum atomic E-state index is 0.0691. The second-order valence-electron chi connectivity index (χ2n) is 5.73. The van der Waals surface area contributed by atoms with Crippen LogP contribution in [0.4, 0.5) is 0 Å². The molecule has 2 aromatic rings. The maximum absolute atomic E-state index is 12.4. The number of carbonyl (C=O) groups is 1. The van der Waals surface area contributed by atoms with Gasteiger partial charge in [-0.2, -0.15) is 0 Å². The van der Waals surface area contributed by atoms with Crippen LogP contribution in [0, 0.1) is 6.92 Å². The van der Waals surface area contributed by atoms with Crippen molar-refractivity contribution in [3.63, 3.8) is 0 Å². The molecule has 0 saturated heterocycles. The van der Waals surface area contributed by atoms with Crippen molar-refractivity contribution in [2.45, 2.75) is 32.1 Å². The van der Waals surface area contributed by atoms with Crippen LogP contribution in [0.25, 0.3) is 0 Å². The third kappa shape index (κ3) is 2.97. The van der Waals surface area contributed by atoms with Gasteiger partial charge in [0.05, 0.1) is 0 Å². The number of carbonyl (C=O) groups excluding carboxylic acids is 1. The number of aryl methyl sites for hydroxylation is 1. The van der Waals surface area contributed by atoms with Crippen LogP contribution in [0.1, 0.15) is 41.9 Å². The highest BCUT2D eigenvalue weighted by atomic mass is 16.1. The summed E-state index contributed by atoms with van der Waals surface area (Å²) in [6, 6.07) is 18.9. The fourth-order valence-electron chi connectivity index (χ4n) is 3.01. The van der Waals surface area contributed by atoms with Crippen molar-refractivity contribution in [2.24, 2.45) is 0 Å². The Hall–Kier alpha value is -2.15. The molecule has 0 aromatic heterocycles. The number of allylic oxidation sites excluding steroid dienone is 2. The Morgan fingerprint density at radius 3 is 2.24 bits per heavy atom. The average molecular weight is 276 g/mol. The predicted octanol–water partition coefficient (Wildman–Crippen LogP) is 4.81. The van der Waals surface area contributed by atoms with Crippen molar-refractivity contribution in [3.05, 3.63) is 82.9 Å². The van der Waals surface area contributed by atoms with E-state index >= 15 is 0 Å². The second-order valence-corrected chi connectivity index (χ2v) is 5.73. The summed E-state index contributed by atoms with van der Waals surface area (Å²) in [6.45, 7) is 2.09. The second kappa shape index (κ2) is 6.09. The van der Waals surface area contributed by atoms with E-state index in [1.807, 2.05) is 18.2 Å². The van der Waals surface area contributed by atoms with Gasteiger partial charge >= 0.3 is 0 Å². The summed E-state index contributed by atoms with van der Waals surface area (Å²) in [5, 5.41) is 0. The summed E-state index contributed by atoms with van der Waals surface area (Å²) in [5.74, 6) is 0.371. The van der Waals surface area contributed by atoms with Gasteiger partial charge in [0.2, 0.25) is 0 Å². The Balaban J connectivity index is 2.09. The molecule has 3 rings (SSSR count). The monoisotopic (exact) mass is 276 g/mol. The highest BCUT2D eigenvalue weighted by molar-refractivity contribution is 5.98. The van der Waals surface area contributed by atoms with Crippen molar-refractivity contribution in [1.82, 2.24) is 0 Å². The van der Waals surface area contributed by atoms with E-state index in [0.29, 0.717) is 12.2 Å². The Morgan fingerprint density at radius 2 is 1.57 bits per heavy atom. The molecule has 0 N–H and O–H groups in total. The summed E-state index contributed by atoms with van der Waals surface area (Å²) in [6.07, 6.45) is 4.82. The van der Waals surface area contributed by atoms with Gasteiger partial charge < -0.3 is 0 Å². The lowest BCUT2D eigenvalue weighted by atomic mass is 9.79. The summed E-state index contributed by atoms with van der Waals surface area (Å²) in [4.78, 5) is 12.4. The van der Waals surface area contributed by atoms with Crippen LogP contribution in [0.5, 0.6) is 0 Å². The average Bonchev–Trinajstić information content (AvgIpc) is 2.52. The molecule has 2 aromatic carbocycles. The molecule has 1 atom stereocenters. The standard InChI is InChI=1S/C20H20O/c1-15-11-13-17(14-12-15)20(16-7-3-2-4-8-16)18-9-5-6-10-19(18)21/h2-4,7-9,11-14,20H,5-6,10H2,1H3. The molecule has 106 valence electrons. The largest absolute Gasteiger partial charge is 0.295 e. The van der Waals surface area contributed by atoms with Crippen LogP contribution in [0.2, 0.25) is 0 Å². The SMILES string of the molecule is Cc1ccc(C(C2=CCCCC2=O)c2ccccc2)cc1. The molecule has 0 bridgehead atoms. The Kier molecular flexibility index (Phi) is 4.01. The van der Waals surface area contributed by atoms with E-state index < -0.39 is 0 Å². The van der Waals surface area contributed by atoms with Gasteiger partial charge in [-0.1, -0.05) is 66.2 Å². The zero-order valence-electron chi connectivity index (χ0n) is 12.4. The fourth-order valence-corrected chi connectivity index (χ4v) is 3.01. The van der Waals surface area contributed by atoms with Crippen LogP contribution < -0.4 is 0 Å². The Bertz CT molecular complexity index is 650. The summed E-state index contributed by atoms with van der Waals surface area (Å²) >= 11 is 0. The normalized spacial score (nSPS) is 16.4. The van der Waals surface area contributed by atoms with E-state index in [1.54, 1.807) is 0 Å². The molecule has 0 aliphatic heterocycles. The van der Waals surface area contributed by atoms with Crippen molar-refractivity contribution >= 4 is 5.78 Å². The summed E-state index contributed by atoms with van der Waals surface area (Å²) < 4.78 is 0. The van der Waals surface area contributed by atoms with Gasteiger partial charge in [-0.3, -0.25) is 4.79 Å². The number of rotatable bonds is 3. The molecule has 0 amide bonds. The van der Waals surface area contributed by atoms with Gasteiger partial charge in [-0.25, -0.2) is 0 Å². The highest BCUT2D eigenvalue weighted by Gasteiger charge is 2.25. The molecule has 1 unspecified atom stereocenters. The molecule has 1 aliphatic carbocycles. The zero-order chi connectivity index (χ0) is 14.7. The molecule has 1 heteroatoms. The number of benzene rings is 2. The topological polar surface area (TPSA) is 17.1 Å². The van der Waals surface area contributed by atoms with Crippen molar-refractivity contribution in [2.75, 3.05) is 0 Å². The summed E-state index contributed by atoms with van der Waals surface area (Å²) in [5.41, 5.74) is 4.61. The van der Waals surface area contributed by atoms with Gasteiger partial charge in [0, 0.05) is 17.9 Å². The smallest absolute Gasteiger partial charge is 0.159 e. The Morgan fingerprint density at radius 1 is 0.905 bits per heavy atom. The van der Waals surface area contributed by atoms with Gasteiger partial charge in [-0.15, -0.1) is 0 Å². The Labute approximate surface area is 126 Å². The number of hydrogen-bond acceptors (Lipinski definition) is 1. The van der Waals surface area contributed by atoms with Gasteiger partial charge in [0.1, 0.15) is 0 Å². The molecule has 0 saturated carbocycles. The van der Waals surface area contributed by atoms with Crippen molar-refractivity contribution < 1.29 is 4.79 Å². The van der Waals surface area contributed by atoms with Crippen molar-refractivity contribution in [1.29, 1.82) is 0 Å². The summed E-state index contributed by atoms with van der Waals surface area (Å²) in [7, 11) is 0. The molecular weight excluding hydrogens is 256 g/mol. The molecule has 0 fully saturated rings. The minimum absolute atomic E-state index is 0.0691. The zero-order valence-corrected chi connectivity index (χ0v) is 12.4. The third-order valence-electron chi connectivity index (χ3n) is 4.15.